The third-order valence-electron chi connectivity index (χ3n) is 2.79. The Kier molecular flexibility index (Phi) is 4.85. The Hall–Kier alpha value is -1.74. The molecule has 2 aromatic rings. The summed E-state index contributed by atoms with van der Waals surface area (Å²) < 4.78 is 12.9. The first-order valence-corrected chi connectivity index (χ1v) is 6.18. The Labute approximate surface area is 107 Å². The molecule has 0 atom stereocenters. The van der Waals surface area contributed by atoms with E-state index in [2.05, 4.69) is 16.4 Å². The highest BCUT2D eigenvalue weighted by Gasteiger charge is 1.96. The molecule has 0 aliphatic carbocycles. The molecule has 0 radical (unpaired) electrons. The Morgan fingerprint density at radius 3 is 2.50 bits per heavy atom. The van der Waals surface area contributed by atoms with Crippen molar-refractivity contribution >= 4 is 0 Å². The van der Waals surface area contributed by atoms with Crippen LogP contribution in [0.2, 0.25) is 0 Å². The van der Waals surface area contributed by atoms with Crippen molar-refractivity contribution in [1.29, 1.82) is 0 Å². The quantitative estimate of drug-likeness (QED) is 0.790. The molecule has 1 aromatic carbocycles. The second kappa shape index (κ2) is 6.87. The van der Waals surface area contributed by atoms with Gasteiger partial charge in [-0.2, -0.15) is 0 Å². The molecule has 0 bridgehead atoms. The van der Waals surface area contributed by atoms with Gasteiger partial charge in [-0.05, 0) is 55.3 Å². The third kappa shape index (κ3) is 4.26. The molecule has 94 valence electrons. The molecular weight excluding hydrogens is 227 g/mol. The van der Waals surface area contributed by atoms with Crippen LogP contribution in [0.3, 0.4) is 0 Å². The van der Waals surface area contributed by atoms with Gasteiger partial charge in [-0.25, -0.2) is 4.39 Å². The lowest BCUT2D eigenvalue weighted by Crippen LogP contribution is -2.20. The number of rotatable bonds is 6. The van der Waals surface area contributed by atoms with Gasteiger partial charge in [0.2, 0.25) is 0 Å². The fourth-order valence-electron chi connectivity index (χ4n) is 1.83. The highest BCUT2D eigenvalue weighted by atomic mass is 19.1. The second-order valence-electron chi connectivity index (χ2n) is 4.24. The van der Waals surface area contributed by atoms with Gasteiger partial charge in [0.05, 0.1) is 0 Å². The van der Waals surface area contributed by atoms with Crippen LogP contribution in [0, 0.1) is 5.82 Å². The fourth-order valence-corrected chi connectivity index (χ4v) is 1.83. The molecule has 0 saturated carbocycles. The van der Waals surface area contributed by atoms with Gasteiger partial charge in [-0.3, -0.25) is 4.98 Å². The number of hydrogen-bond donors (Lipinski definition) is 1. The van der Waals surface area contributed by atoms with Crippen molar-refractivity contribution in [2.24, 2.45) is 0 Å². The number of nitrogens with one attached hydrogen (secondary N) is 1. The van der Waals surface area contributed by atoms with Crippen LogP contribution < -0.4 is 5.32 Å². The maximum Gasteiger partial charge on any atom is 0.123 e. The van der Waals surface area contributed by atoms with Crippen molar-refractivity contribution in [3.63, 3.8) is 0 Å². The van der Waals surface area contributed by atoms with Crippen LogP contribution in [0.1, 0.15) is 11.1 Å². The van der Waals surface area contributed by atoms with Gasteiger partial charge in [0, 0.05) is 12.4 Å². The molecule has 1 N–H and O–H groups in total. The van der Waals surface area contributed by atoms with Crippen LogP contribution in [0.4, 0.5) is 4.39 Å². The number of nitrogens with zero attached hydrogens (tertiary/aromatic N) is 1. The van der Waals surface area contributed by atoms with Gasteiger partial charge < -0.3 is 5.32 Å². The monoisotopic (exact) mass is 244 g/mol. The molecule has 0 fully saturated rings. The summed E-state index contributed by atoms with van der Waals surface area (Å²) in [7, 11) is 0. The van der Waals surface area contributed by atoms with E-state index in [0.29, 0.717) is 0 Å². The molecule has 18 heavy (non-hydrogen) atoms. The molecule has 1 aromatic heterocycles. The van der Waals surface area contributed by atoms with E-state index in [9.17, 15) is 4.39 Å². The lowest BCUT2D eigenvalue weighted by Gasteiger charge is -2.05. The fraction of sp³-hybridized carbons (Fsp3) is 0.267. The second-order valence-corrected chi connectivity index (χ2v) is 4.24. The third-order valence-corrected chi connectivity index (χ3v) is 2.79. The predicted molar refractivity (Wildman–Crippen MR) is 70.9 cm³/mol. The Morgan fingerprint density at radius 2 is 1.78 bits per heavy atom. The van der Waals surface area contributed by atoms with E-state index >= 15 is 0 Å². The zero-order chi connectivity index (χ0) is 12.6. The number of pyridine rings is 1. The van der Waals surface area contributed by atoms with E-state index in [4.69, 9.17) is 0 Å². The van der Waals surface area contributed by atoms with Crippen LogP contribution in [0.15, 0.2) is 48.8 Å². The first-order chi connectivity index (χ1) is 8.84. The summed E-state index contributed by atoms with van der Waals surface area (Å²) in [6.07, 6.45) is 5.48. The summed E-state index contributed by atoms with van der Waals surface area (Å²) >= 11 is 0. The highest BCUT2D eigenvalue weighted by molar-refractivity contribution is 5.16. The average molecular weight is 244 g/mol. The van der Waals surface area contributed by atoms with Crippen molar-refractivity contribution in [2.45, 2.75) is 12.8 Å². The van der Waals surface area contributed by atoms with E-state index < -0.39 is 0 Å². The average Bonchev–Trinajstić information content (AvgIpc) is 2.40. The molecule has 0 spiro atoms. The van der Waals surface area contributed by atoms with Crippen molar-refractivity contribution in [3.05, 3.63) is 65.7 Å². The summed E-state index contributed by atoms with van der Waals surface area (Å²) in [4.78, 5) is 4.07. The van der Waals surface area contributed by atoms with Crippen molar-refractivity contribution in [2.75, 3.05) is 13.1 Å². The van der Waals surface area contributed by atoms with Crippen LogP contribution in [0.25, 0.3) is 0 Å². The minimum atomic E-state index is -0.164. The normalized spacial score (nSPS) is 10.5. The number of halogens is 1. The van der Waals surface area contributed by atoms with E-state index in [-0.39, 0.29) is 5.82 Å². The maximum absolute atomic E-state index is 12.9. The van der Waals surface area contributed by atoms with E-state index in [1.54, 1.807) is 18.3 Å². The SMILES string of the molecule is Fc1cccc(CCNCCc2cccnc2)c1. The molecule has 0 amide bonds. The first kappa shape index (κ1) is 12.7. The summed E-state index contributed by atoms with van der Waals surface area (Å²) in [5, 5.41) is 3.35. The van der Waals surface area contributed by atoms with Gasteiger partial charge in [0.15, 0.2) is 0 Å². The van der Waals surface area contributed by atoms with Crippen LogP contribution in [0.5, 0.6) is 0 Å². The lowest BCUT2D eigenvalue weighted by molar-refractivity contribution is 0.622. The van der Waals surface area contributed by atoms with Crippen LogP contribution >= 0.6 is 0 Å². The van der Waals surface area contributed by atoms with Gasteiger partial charge in [0.25, 0.3) is 0 Å². The minimum absolute atomic E-state index is 0.164. The maximum atomic E-state index is 12.9. The molecule has 3 heteroatoms. The van der Waals surface area contributed by atoms with Crippen molar-refractivity contribution in [3.8, 4) is 0 Å². The largest absolute Gasteiger partial charge is 0.316 e. The van der Waals surface area contributed by atoms with Gasteiger partial charge >= 0.3 is 0 Å². The molecular formula is C15H17FN2. The van der Waals surface area contributed by atoms with E-state index in [0.717, 1.165) is 31.5 Å². The lowest BCUT2D eigenvalue weighted by atomic mass is 10.1. The number of hydrogen-bond acceptors (Lipinski definition) is 2. The summed E-state index contributed by atoms with van der Waals surface area (Å²) in [5.41, 5.74) is 2.26. The molecule has 0 unspecified atom stereocenters. The molecule has 0 aliphatic heterocycles. The Bertz CT molecular complexity index is 471. The zero-order valence-electron chi connectivity index (χ0n) is 10.3. The molecule has 2 rings (SSSR count). The number of aromatic nitrogens is 1. The van der Waals surface area contributed by atoms with Crippen molar-refractivity contribution < 1.29 is 4.39 Å². The van der Waals surface area contributed by atoms with Crippen molar-refractivity contribution in [1.82, 2.24) is 10.3 Å². The molecule has 1 heterocycles. The molecule has 0 saturated heterocycles. The number of benzene rings is 1. The summed E-state index contributed by atoms with van der Waals surface area (Å²) in [6.45, 7) is 1.78. The van der Waals surface area contributed by atoms with E-state index in [1.807, 2.05) is 18.3 Å². The minimum Gasteiger partial charge on any atom is -0.316 e. The smallest absolute Gasteiger partial charge is 0.123 e. The van der Waals surface area contributed by atoms with Gasteiger partial charge in [0.1, 0.15) is 5.82 Å². The van der Waals surface area contributed by atoms with Crippen LogP contribution in [-0.4, -0.2) is 18.1 Å². The topological polar surface area (TPSA) is 24.9 Å². The molecule has 2 nitrogen and oxygen atoms in total. The standard InChI is InChI=1S/C15H17FN2/c16-15-5-1-3-13(11-15)6-9-17-10-7-14-4-2-8-18-12-14/h1-5,8,11-12,17H,6-7,9-10H2. The highest BCUT2D eigenvalue weighted by Crippen LogP contribution is 2.03. The zero-order valence-corrected chi connectivity index (χ0v) is 10.3. The van der Waals surface area contributed by atoms with Crippen LogP contribution in [-0.2, 0) is 12.8 Å². The summed E-state index contributed by atoms with van der Waals surface area (Å²) in [6, 6.07) is 10.8. The Morgan fingerprint density at radius 1 is 1.00 bits per heavy atom. The Balaban J connectivity index is 1.65. The summed E-state index contributed by atoms with van der Waals surface area (Å²) in [5.74, 6) is -0.164. The van der Waals surface area contributed by atoms with E-state index in [1.165, 1.54) is 11.6 Å². The predicted octanol–water partition coefficient (Wildman–Crippen LogP) is 2.60. The molecule has 0 aliphatic rings. The van der Waals surface area contributed by atoms with Gasteiger partial charge in [-0.15, -0.1) is 0 Å². The first-order valence-electron chi connectivity index (χ1n) is 6.18. The van der Waals surface area contributed by atoms with Gasteiger partial charge in [-0.1, -0.05) is 18.2 Å².